The fraction of sp³-hybridized carbons (Fsp3) is 0.647. The molecule has 1 amide bonds. The minimum Gasteiger partial charge on any atom is -0.376 e. The number of hydrogen-bond acceptors (Lipinski definition) is 4. The Balaban J connectivity index is 1.91. The number of carbonyl (C=O) groups is 1. The summed E-state index contributed by atoms with van der Waals surface area (Å²) >= 11 is 1.76. The average Bonchev–Trinajstić information content (AvgIpc) is 3.25. The summed E-state index contributed by atoms with van der Waals surface area (Å²) in [7, 11) is 5.50. The zero-order chi connectivity index (χ0) is 17.4. The Morgan fingerprint density at radius 1 is 1.46 bits per heavy atom. The van der Waals surface area contributed by atoms with Gasteiger partial charge in [0.25, 0.3) is 0 Å². The predicted molar refractivity (Wildman–Crippen MR) is 98.6 cm³/mol. The molecule has 0 aliphatic carbocycles. The van der Waals surface area contributed by atoms with Gasteiger partial charge in [0.2, 0.25) is 5.91 Å². The number of aliphatic imine (C=N–C) groups is 1. The molecule has 0 radical (unpaired) electrons. The van der Waals surface area contributed by atoms with Crippen molar-refractivity contribution in [3.8, 4) is 0 Å². The van der Waals surface area contributed by atoms with Gasteiger partial charge in [-0.1, -0.05) is 6.07 Å². The third kappa shape index (κ3) is 6.13. The summed E-state index contributed by atoms with van der Waals surface area (Å²) in [6, 6.07) is 4.21. The number of carbonyl (C=O) groups excluding carboxylic acids is 1. The maximum absolute atomic E-state index is 11.8. The van der Waals surface area contributed by atoms with Gasteiger partial charge < -0.3 is 19.9 Å². The normalized spacial score (nSPS) is 17.8. The molecule has 1 unspecified atom stereocenters. The van der Waals surface area contributed by atoms with Crippen LogP contribution in [0, 0.1) is 0 Å². The zero-order valence-corrected chi connectivity index (χ0v) is 15.6. The molecule has 0 saturated carbocycles. The van der Waals surface area contributed by atoms with Gasteiger partial charge in [-0.15, -0.1) is 11.3 Å². The first-order valence-corrected chi connectivity index (χ1v) is 9.28. The Morgan fingerprint density at radius 3 is 2.92 bits per heavy atom. The van der Waals surface area contributed by atoms with Crippen LogP contribution in [-0.2, 0) is 16.0 Å². The van der Waals surface area contributed by atoms with Crippen molar-refractivity contribution in [2.24, 2.45) is 4.99 Å². The van der Waals surface area contributed by atoms with E-state index in [4.69, 9.17) is 4.74 Å². The summed E-state index contributed by atoms with van der Waals surface area (Å²) in [5.41, 5.74) is 0. The monoisotopic (exact) mass is 352 g/mol. The first-order chi connectivity index (χ1) is 11.6. The van der Waals surface area contributed by atoms with E-state index in [0.717, 1.165) is 44.9 Å². The largest absolute Gasteiger partial charge is 0.376 e. The van der Waals surface area contributed by atoms with Crippen LogP contribution in [0.3, 0.4) is 0 Å². The molecule has 134 valence electrons. The van der Waals surface area contributed by atoms with Gasteiger partial charge >= 0.3 is 0 Å². The average molecular weight is 353 g/mol. The second kappa shape index (κ2) is 9.64. The standard InChI is InChI=1S/C17H28N4O2S/c1-20(2)16(22)13-19-17(18-12-14-6-4-10-23-14)21(3)9-8-15-7-5-11-24-15/h5,7,11,14H,4,6,8-10,12-13H2,1-3H3,(H,18,19). The van der Waals surface area contributed by atoms with Crippen LogP contribution in [0.5, 0.6) is 0 Å². The second-order valence-corrected chi connectivity index (χ2v) is 7.23. The molecule has 1 fully saturated rings. The summed E-state index contributed by atoms with van der Waals surface area (Å²) in [6.45, 7) is 2.59. The lowest BCUT2D eigenvalue weighted by Crippen LogP contribution is -2.43. The van der Waals surface area contributed by atoms with E-state index in [2.05, 4.69) is 32.7 Å². The molecule has 7 heteroatoms. The first kappa shape index (κ1) is 18.7. The Bertz CT molecular complexity index is 525. The third-order valence-corrected chi connectivity index (χ3v) is 4.95. The number of likely N-dealkylation sites (N-methyl/N-ethyl adjacent to an activating group) is 2. The Hall–Kier alpha value is -1.60. The molecule has 1 N–H and O–H groups in total. The van der Waals surface area contributed by atoms with Gasteiger partial charge in [0, 0.05) is 45.7 Å². The van der Waals surface area contributed by atoms with E-state index in [0.29, 0.717) is 0 Å². The van der Waals surface area contributed by atoms with Crippen LogP contribution < -0.4 is 5.32 Å². The molecule has 24 heavy (non-hydrogen) atoms. The number of ether oxygens (including phenoxy) is 1. The van der Waals surface area contributed by atoms with Crippen LogP contribution in [0.25, 0.3) is 0 Å². The Labute approximate surface area is 148 Å². The number of rotatable bonds is 7. The molecule has 0 aromatic carbocycles. The molecule has 1 aliphatic heterocycles. The molecule has 2 rings (SSSR count). The molecule has 0 spiro atoms. The molecule has 1 aromatic rings. The lowest BCUT2D eigenvalue weighted by Gasteiger charge is -2.23. The summed E-state index contributed by atoms with van der Waals surface area (Å²) in [6.07, 6.45) is 3.41. The summed E-state index contributed by atoms with van der Waals surface area (Å²) in [5, 5.41) is 5.46. The zero-order valence-electron chi connectivity index (χ0n) is 14.8. The number of hydrogen-bond donors (Lipinski definition) is 1. The summed E-state index contributed by atoms with van der Waals surface area (Å²) in [4.78, 5) is 21.3. The third-order valence-electron chi connectivity index (χ3n) is 4.01. The van der Waals surface area contributed by atoms with Crippen molar-refractivity contribution < 1.29 is 9.53 Å². The van der Waals surface area contributed by atoms with Crippen LogP contribution in [0.4, 0.5) is 0 Å². The van der Waals surface area contributed by atoms with Crippen molar-refractivity contribution in [1.82, 2.24) is 15.1 Å². The van der Waals surface area contributed by atoms with Gasteiger partial charge in [-0.2, -0.15) is 0 Å². The molecule has 1 saturated heterocycles. The van der Waals surface area contributed by atoms with E-state index < -0.39 is 0 Å². The Morgan fingerprint density at radius 2 is 2.29 bits per heavy atom. The molecule has 2 heterocycles. The highest BCUT2D eigenvalue weighted by molar-refractivity contribution is 7.09. The van der Waals surface area contributed by atoms with E-state index in [-0.39, 0.29) is 18.6 Å². The van der Waals surface area contributed by atoms with Gasteiger partial charge in [-0.3, -0.25) is 4.79 Å². The van der Waals surface area contributed by atoms with Crippen molar-refractivity contribution >= 4 is 23.2 Å². The van der Waals surface area contributed by atoms with Gasteiger partial charge in [0.05, 0.1) is 6.10 Å². The molecule has 0 bridgehead atoms. The van der Waals surface area contributed by atoms with Crippen LogP contribution in [-0.4, -0.2) is 75.2 Å². The second-order valence-electron chi connectivity index (χ2n) is 6.19. The van der Waals surface area contributed by atoms with Crippen molar-refractivity contribution in [3.05, 3.63) is 22.4 Å². The van der Waals surface area contributed by atoms with Gasteiger partial charge in [0.1, 0.15) is 6.54 Å². The van der Waals surface area contributed by atoms with Gasteiger partial charge in [-0.25, -0.2) is 4.99 Å². The van der Waals surface area contributed by atoms with Gasteiger partial charge in [0.15, 0.2) is 5.96 Å². The maximum atomic E-state index is 11.8. The minimum atomic E-state index is -0.00178. The van der Waals surface area contributed by atoms with E-state index in [1.807, 2.05) is 7.05 Å². The summed E-state index contributed by atoms with van der Waals surface area (Å²) in [5.74, 6) is 0.760. The van der Waals surface area contributed by atoms with Crippen molar-refractivity contribution in [2.75, 3.05) is 47.4 Å². The maximum Gasteiger partial charge on any atom is 0.243 e. The lowest BCUT2D eigenvalue weighted by atomic mass is 10.2. The van der Waals surface area contributed by atoms with Crippen molar-refractivity contribution in [3.63, 3.8) is 0 Å². The fourth-order valence-corrected chi connectivity index (χ4v) is 3.14. The molecule has 1 aliphatic rings. The van der Waals surface area contributed by atoms with E-state index >= 15 is 0 Å². The highest BCUT2D eigenvalue weighted by atomic mass is 32.1. The molecule has 6 nitrogen and oxygen atoms in total. The minimum absolute atomic E-state index is 0.00178. The SMILES string of the molecule is CN(C)C(=O)CN=C(NCC1CCCO1)N(C)CCc1cccs1. The smallest absolute Gasteiger partial charge is 0.243 e. The molecular formula is C17H28N4O2S. The fourth-order valence-electron chi connectivity index (χ4n) is 2.44. The molecular weight excluding hydrogens is 324 g/mol. The molecule has 1 aromatic heterocycles. The van der Waals surface area contributed by atoms with Gasteiger partial charge in [-0.05, 0) is 30.7 Å². The van der Waals surface area contributed by atoms with E-state index in [9.17, 15) is 4.79 Å². The number of amides is 1. The van der Waals surface area contributed by atoms with Crippen LogP contribution in [0.1, 0.15) is 17.7 Å². The van der Waals surface area contributed by atoms with E-state index in [1.165, 1.54) is 4.88 Å². The van der Waals surface area contributed by atoms with Crippen LogP contribution in [0.2, 0.25) is 0 Å². The summed E-state index contributed by atoms with van der Waals surface area (Å²) < 4.78 is 5.66. The lowest BCUT2D eigenvalue weighted by molar-refractivity contribution is -0.127. The van der Waals surface area contributed by atoms with Crippen molar-refractivity contribution in [1.29, 1.82) is 0 Å². The highest BCUT2D eigenvalue weighted by Crippen LogP contribution is 2.11. The topological polar surface area (TPSA) is 57.2 Å². The Kier molecular flexibility index (Phi) is 7.52. The first-order valence-electron chi connectivity index (χ1n) is 8.40. The van der Waals surface area contributed by atoms with E-state index in [1.54, 1.807) is 30.3 Å². The number of nitrogens with one attached hydrogen (secondary N) is 1. The number of guanidine groups is 1. The van der Waals surface area contributed by atoms with Crippen molar-refractivity contribution in [2.45, 2.75) is 25.4 Å². The predicted octanol–water partition coefficient (Wildman–Crippen LogP) is 1.44. The van der Waals surface area contributed by atoms with Crippen LogP contribution in [0.15, 0.2) is 22.5 Å². The quantitative estimate of drug-likeness (QED) is 0.596. The molecule has 1 atom stereocenters. The number of thiophene rings is 1. The van der Waals surface area contributed by atoms with Crippen LogP contribution >= 0.6 is 11.3 Å². The highest BCUT2D eigenvalue weighted by Gasteiger charge is 2.17. The number of nitrogens with zero attached hydrogens (tertiary/aromatic N) is 3.